The van der Waals surface area contributed by atoms with Crippen molar-refractivity contribution in [2.75, 3.05) is 18.1 Å². The fourth-order valence-electron chi connectivity index (χ4n) is 2.85. The van der Waals surface area contributed by atoms with Gasteiger partial charge in [-0.2, -0.15) is 0 Å². The van der Waals surface area contributed by atoms with Gasteiger partial charge in [0, 0.05) is 19.5 Å². The highest BCUT2D eigenvalue weighted by molar-refractivity contribution is 5.98. The third-order valence-electron chi connectivity index (χ3n) is 4.25. The molecule has 26 heavy (non-hydrogen) atoms. The third-order valence-corrected chi connectivity index (χ3v) is 4.25. The maximum absolute atomic E-state index is 12.9. The van der Waals surface area contributed by atoms with Crippen LogP contribution in [0.1, 0.15) is 24.0 Å². The van der Waals surface area contributed by atoms with E-state index in [9.17, 15) is 14.0 Å². The van der Waals surface area contributed by atoms with E-state index in [0.29, 0.717) is 31.7 Å². The molecule has 0 fully saturated rings. The van der Waals surface area contributed by atoms with Crippen LogP contribution < -0.4 is 15.0 Å². The number of fused-ring (bicyclic) bond motifs is 1. The minimum absolute atomic E-state index is 0.0207. The normalized spacial score (nSPS) is 13.2. The number of carbonyl (C=O) groups is 2. The molecule has 1 heterocycles. The van der Waals surface area contributed by atoms with E-state index in [0.717, 1.165) is 16.8 Å². The SMILES string of the molecule is Cc1ccc2c(c1)N(CCCC(=O)NCc1ccc(F)cc1)C(=O)CO2. The molecule has 0 aromatic heterocycles. The Balaban J connectivity index is 1.50. The lowest BCUT2D eigenvalue weighted by Crippen LogP contribution is -2.39. The number of hydrogen-bond acceptors (Lipinski definition) is 3. The first-order chi connectivity index (χ1) is 12.5. The highest BCUT2D eigenvalue weighted by Crippen LogP contribution is 2.32. The monoisotopic (exact) mass is 356 g/mol. The van der Waals surface area contributed by atoms with Crippen LogP contribution in [0.5, 0.6) is 5.75 Å². The zero-order chi connectivity index (χ0) is 18.5. The molecule has 0 bridgehead atoms. The number of nitrogens with zero attached hydrogens (tertiary/aromatic N) is 1. The van der Waals surface area contributed by atoms with Crippen molar-refractivity contribution in [2.45, 2.75) is 26.3 Å². The summed E-state index contributed by atoms with van der Waals surface area (Å²) in [5, 5.41) is 2.81. The molecular weight excluding hydrogens is 335 g/mol. The molecule has 5 nitrogen and oxygen atoms in total. The molecule has 0 saturated heterocycles. The molecule has 0 atom stereocenters. The summed E-state index contributed by atoms with van der Waals surface area (Å²) in [6.45, 7) is 2.80. The number of hydrogen-bond donors (Lipinski definition) is 1. The minimum Gasteiger partial charge on any atom is -0.482 e. The van der Waals surface area contributed by atoms with Crippen LogP contribution in [0.3, 0.4) is 0 Å². The average molecular weight is 356 g/mol. The van der Waals surface area contributed by atoms with Crippen LogP contribution >= 0.6 is 0 Å². The van der Waals surface area contributed by atoms with E-state index >= 15 is 0 Å². The van der Waals surface area contributed by atoms with Crippen LogP contribution in [0.4, 0.5) is 10.1 Å². The number of amides is 2. The highest BCUT2D eigenvalue weighted by Gasteiger charge is 2.25. The van der Waals surface area contributed by atoms with E-state index in [1.165, 1.54) is 12.1 Å². The van der Waals surface area contributed by atoms with E-state index in [1.54, 1.807) is 17.0 Å². The summed E-state index contributed by atoms with van der Waals surface area (Å²) in [4.78, 5) is 25.8. The summed E-state index contributed by atoms with van der Waals surface area (Å²) in [5.41, 5.74) is 2.64. The number of ether oxygens (including phenoxy) is 1. The highest BCUT2D eigenvalue weighted by atomic mass is 19.1. The lowest BCUT2D eigenvalue weighted by molar-refractivity contribution is -0.123. The first-order valence-corrected chi connectivity index (χ1v) is 8.58. The van der Waals surface area contributed by atoms with E-state index < -0.39 is 0 Å². The van der Waals surface area contributed by atoms with Gasteiger partial charge in [0.05, 0.1) is 5.69 Å². The summed E-state index contributed by atoms with van der Waals surface area (Å²) in [7, 11) is 0. The van der Waals surface area contributed by atoms with Crippen LogP contribution in [0.15, 0.2) is 42.5 Å². The van der Waals surface area contributed by atoms with E-state index in [4.69, 9.17) is 4.74 Å². The number of rotatable bonds is 6. The molecule has 2 aromatic carbocycles. The average Bonchev–Trinajstić information content (AvgIpc) is 2.63. The molecule has 1 aliphatic heterocycles. The van der Waals surface area contributed by atoms with Gasteiger partial charge in [-0.1, -0.05) is 18.2 Å². The Bertz CT molecular complexity index is 805. The molecule has 6 heteroatoms. The van der Waals surface area contributed by atoms with E-state index in [-0.39, 0.29) is 24.2 Å². The number of anilines is 1. The molecule has 2 aromatic rings. The van der Waals surface area contributed by atoms with Gasteiger partial charge in [-0.15, -0.1) is 0 Å². The number of nitrogens with one attached hydrogen (secondary N) is 1. The molecule has 0 saturated carbocycles. The van der Waals surface area contributed by atoms with Gasteiger partial charge < -0.3 is 15.0 Å². The molecule has 2 amide bonds. The Kier molecular flexibility index (Phi) is 5.51. The maximum atomic E-state index is 12.9. The topological polar surface area (TPSA) is 58.6 Å². The van der Waals surface area contributed by atoms with Crippen molar-refractivity contribution in [2.24, 2.45) is 0 Å². The standard InChI is InChI=1S/C20H21FN2O3/c1-14-4-9-18-17(11-14)23(20(25)13-26-18)10-2-3-19(24)22-12-15-5-7-16(21)8-6-15/h4-9,11H,2-3,10,12-13H2,1H3,(H,22,24). The van der Waals surface area contributed by atoms with Crippen molar-refractivity contribution in [3.05, 3.63) is 59.4 Å². The van der Waals surface area contributed by atoms with Gasteiger partial charge in [-0.25, -0.2) is 4.39 Å². The van der Waals surface area contributed by atoms with Crippen molar-refractivity contribution in [1.82, 2.24) is 5.32 Å². The third kappa shape index (κ3) is 4.39. The maximum Gasteiger partial charge on any atom is 0.265 e. The number of halogens is 1. The van der Waals surface area contributed by atoms with Crippen molar-refractivity contribution >= 4 is 17.5 Å². The van der Waals surface area contributed by atoms with Crippen LogP contribution in [0.2, 0.25) is 0 Å². The molecule has 1 aliphatic rings. The van der Waals surface area contributed by atoms with Gasteiger partial charge in [-0.05, 0) is 48.7 Å². The van der Waals surface area contributed by atoms with Gasteiger partial charge in [0.1, 0.15) is 11.6 Å². The number of aryl methyl sites for hydroxylation is 1. The van der Waals surface area contributed by atoms with Crippen LogP contribution in [-0.4, -0.2) is 25.0 Å². The van der Waals surface area contributed by atoms with Crippen LogP contribution in [0, 0.1) is 12.7 Å². The first kappa shape index (κ1) is 17.9. The predicted octanol–water partition coefficient (Wildman–Crippen LogP) is 2.96. The molecule has 1 N–H and O–H groups in total. The summed E-state index contributed by atoms with van der Waals surface area (Å²) in [5.74, 6) is 0.191. The van der Waals surface area contributed by atoms with Gasteiger partial charge in [0.15, 0.2) is 6.61 Å². The Labute approximate surface area is 151 Å². The fraction of sp³-hybridized carbons (Fsp3) is 0.300. The van der Waals surface area contributed by atoms with Crippen molar-refractivity contribution < 1.29 is 18.7 Å². The summed E-state index contributed by atoms with van der Waals surface area (Å²) in [6.07, 6.45) is 0.862. The van der Waals surface area contributed by atoms with Crippen molar-refractivity contribution in [1.29, 1.82) is 0 Å². The molecule has 0 radical (unpaired) electrons. The van der Waals surface area contributed by atoms with Gasteiger partial charge in [0.2, 0.25) is 5.91 Å². The number of benzene rings is 2. The van der Waals surface area contributed by atoms with Crippen LogP contribution in [-0.2, 0) is 16.1 Å². The molecule has 0 spiro atoms. The van der Waals surface area contributed by atoms with Gasteiger partial charge in [-0.3, -0.25) is 9.59 Å². The summed E-state index contributed by atoms with van der Waals surface area (Å²) < 4.78 is 18.3. The van der Waals surface area contributed by atoms with Crippen LogP contribution in [0.25, 0.3) is 0 Å². The number of carbonyl (C=O) groups excluding carboxylic acids is 2. The molecule has 136 valence electrons. The fourth-order valence-corrected chi connectivity index (χ4v) is 2.85. The molecular formula is C20H21FN2O3. The first-order valence-electron chi connectivity index (χ1n) is 8.58. The summed E-state index contributed by atoms with van der Waals surface area (Å²) in [6, 6.07) is 11.7. The Hall–Kier alpha value is -2.89. The second-order valence-electron chi connectivity index (χ2n) is 6.31. The van der Waals surface area contributed by atoms with E-state index in [1.807, 2.05) is 25.1 Å². The second-order valence-corrected chi connectivity index (χ2v) is 6.31. The molecule has 0 aliphatic carbocycles. The van der Waals surface area contributed by atoms with Gasteiger partial charge >= 0.3 is 0 Å². The van der Waals surface area contributed by atoms with Crippen molar-refractivity contribution in [3.63, 3.8) is 0 Å². The lowest BCUT2D eigenvalue weighted by atomic mass is 10.1. The smallest absolute Gasteiger partial charge is 0.265 e. The quantitative estimate of drug-likeness (QED) is 0.866. The van der Waals surface area contributed by atoms with Crippen molar-refractivity contribution in [3.8, 4) is 5.75 Å². The zero-order valence-electron chi connectivity index (χ0n) is 14.6. The second kappa shape index (κ2) is 7.99. The Morgan fingerprint density at radius 2 is 2.00 bits per heavy atom. The largest absolute Gasteiger partial charge is 0.482 e. The Morgan fingerprint density at radius 1 is 1.23 bits per heavy atom. The predicted molar refractivity (Wildman–Crippen MR) is 96.5 cm³/mol. The molecule has 3 rings (SSSR count). The lowest BCUT2D eigenvalue weighted by Gasteiger charge is -2.29. The summed E-state index contributed by atoms with van der Waals surface area (Å²) >= 11 is 0. The Morgan fingerprint density at radius 3 is 2.77 bits per heavy atom. The zero-order valence-corrected chi connectivity index (χ0v) is 14.6. The van der Waals surface area contributed by atoms with E-state index in [2.05, 4.69) is 5.32 Å². The molecule has 0 unspecified atom stereocenters. The minimum atomic E-state index is -0.300. The van der Waals surface area contributed by atoms with Gasteiger partial charge in [0.25, 0.3) is 5.91 Å².